The summed E-state index contributed by atoms with van der Waals surface area (Å²) in [7, 11) is 0. The van der Waals surface area contributed by atoms with Gasteiger partial charge in [0, 0.05) is 50.5 Å². The average molecular weight is 505 g/mol. The molecule has 0 radical (unpaired) electrons. The lowest BCUT2D eigenvalue weighted by molar-refractivity contribution is -0.159. The average Bonchev–Trinajstić information content (AvgIpc) is 3.32. The number of hydrazone groups is 1. The van der Waals surface area contributed by atoms with E-state index < -0.39 is 24.1 Å². The summed E-state index contributed by atoms with van der Waals surface area (Å²) in [6.07, 6.45) is 3.88. The Morgan fingerprint density at radius 2 is 1.86 bits per heavy atom. The van der Waals surface area contributed by atoms with E-state index in [1.54, 1.807) is 0 Å². The number of carbonyl (C=O) groups is 2. The number of likely N-dealkylation sites (tertiary alicyclic amines) is 1. The minimum atomic E-state index is -1.02. The molecule has 35 heavy (non-hydrogen) atoms. The van der Waals surface area contributed by atoms with E-state index in [4.69, 9.17) is 19.8 Å². The second-order valence-electron chi connectivity index (χ2n) is 9.14. The standard InChI is InChI=1S/C24H32N4O6S/c29-22(30)16-27-7-5-24(6-8-27,33-17-23(31)32)14-20-13-21(26-34-20)19-3-1-18(2-4-19)15-25-28-9-11-35-12-10-28/h1-4,15,20H,5-14,16-17H2,(H,29,30)(H,31,32)/b25-15+. The normalized spacial score (nSPS) is 22.7. The van der Waals surface area contributed by atoms with E-state index in [-0.39, 0.29) is 12.6 Å². The lowest BCUT2D eigenvalue weighted by atomic mass is 9.84. The van der Waals surface area contributed by atoms with E-state index in [1.807, 2.05) is 47.1 Å². The molecule has 3 heterocycles. The van der Waals surface area contributed by atoms with Crippen molar-refractivity contribution in [3.63, 3.8) is 0 Å². The molecule has 1 aromatic carbocycles. The van der Waals surface area contributed by atoms with Crippen LogP contribution >= 0.6 is 11.8 Å². The lowest BCUT2D eigenvalue weighted by Gasteiger charge is -2.41. The third-order valence-electron chi connectivity index (χ3n) is 6.56. The molecule has 0 spiro atoms. The first-order valence-corrected chi connectivity index (χ1v) is 13.1. The summed E-state index contributed by atoms with van der Waals surface area (Å²) in [5.74, 6) is 0.328. The van der Waals surface area contributed by atoms with Crippen molar-refractivity contribution in [1.29, 1.82) is 0 Å². The Kier molecular flexibility index (Phi) is 8.64. The van der Waals surface area contributed by atoms with Gasteiger partial charge in [-0.1, -0.05) is 29.4 Å². The van der Waals surface area contributed by atoms with Crippen LogP contribution in [0.4, 0.5) is 0 Å². The fourth-order valence-corrected chi connectivity index (χ4v) is 5.52. The van der Waals surface area contributed by atoms with Crippen molar-refractivity contribution >= 4 is 35.6 Å². The number of carboxylic acid groups (broad SMARTS) is 2. The summed E-state index contributed by atoms with van der Waals surface area (Å²) in [5, 5.41) is 29.1. The Morgan fingerprint density at radius 3 is 2.51 bits per heavy atom. The molecule has 1 atom stereocenters. The maximum absolute atomic E-state index is 11.2. The van der Waals surface area contributed by atoms with Gasteiger partial charge in [-0.15, -0.1) is 0 Å². The van der Waals surface area contributed by atoms with Crippen LogP contribution in [0.1, 0.15) is 36.8 Å². The Labute approximate surface area is 208 Å². The summed E-state index contributed by atoms with van der Waals surface area (Å²) in [4.78, 5) is 29.7. The first-order valence-electron chi connectivity index (χ1n) is 11.9. The molecule has 190 valence electrons. The lowest BCUT2D eigenvalue weighted by Crippen LogP contribution is -2.49. The topological polar surface area (TPSA) is 124 Å². The fourth-order valence-electron chi connectivity index (χ4n) is 4.63. The van der Waals surface area contributed by atoms with Crippen LogP contribution in [0.2, 0.25) is 0 Å². The van der Waals surface area contributed by atoms with Gasteiger partial charge in [0.2, 0.25) is 0 Å². The number of oxime groups is 1. The van der Waals surface area contributed by atoms with Gasteiger partial charge in [0.1, 0.15) is 12.7 Å². The molecule has 2 N–H and O–H groups in total. The highest BCUT2D eigenvalue weighted by atomic mass is 32.2. The molecule has 2 fully saturated rings. The van der Waals surface area contributed by atoms with Crippen molar-refractivity contribution in [3.05, 3.63) is 35.4 Å². The number of hydrogen-bond donors (Lipinski definition) is 2. The van der Waals surface area contributed by atoms with Gasteiger partial charge in [-0.25, -0.2) is 4.79 Å². The van der Waals surface area contributed by atoms with Crippen molar-refractivity contribution in [3.8, 4) is 0 Å². The number of benzene rings is 1. The second-order valence-corrected chi connectivity index (χ2v) is 10.4. The van der Waals surface area contributed by atoms with Crippen molar-refractivity contribution in [1.82, 2.24) is 9.91 Å². The van der Waals surface area contributed by atoms with Crippen molar-refractivity contribution < 1.29 is 29.4 Å². The molecule has 11 heteroatoms. The minimum Gasteiger partial charge on any atom is -0.480 e. The van der Waals surface area contributed by atoms with Crippen LogP contribution in [-0.4, -0.2) is 107 Å². The van der Waals surface area contributed by atoms with Crippen molar-refractivity contribution in [2.75, 3.05) is 50.8 Å². The third kappa shape index (κ3) is 7.42. The maximum Gasteiger partial charge on any atom is 0.329 e. The first kappa shape index (κ1) is 25.5. The summed E-state index contributed by atoms with van der Waals surface area (Å²) in [6, 6.07) is 8.06. The van der Waals surface area contributed by atoms with Crippen LogP contribution in [-0.2, 0) is 19.2 Å². The van der Waals surface area contributed by atoms with Crippen LogP contribution in [0.3, 0.4) is 0 Å². The molecule has 3 aliphatic rings. The summed E-state index contributed by atoms with van der Waals surface area (Å²) in [5.41, 5.74) is 2.19. The second kappa shape index (κ2) is 11.9. The van der Waals surface area contributed by atoms with E-state index in [1.165, 1.54) is 0 Å². The smallest absolute Gasteiger partial charge is 0.329 e. The Morgan fingerprint density at radius 1 is 1.14 bits per heavy atom. The zero-order valence-electron chi connectivity index (χ0n) is 19.7. The van der Waals surface area contributed by atoms with Gasteiger partial charge in [0.05, 0.1) is 24.1 Å². The van der Waals surface area contributed by atoms with E-state index in [0.29, 0.717) is 38.8 Å². The zero-order valence-corrected chi connectivity index (χ0v) is 20.5. The monoisotopic (exact) mass is 504 g/mol. The first-order chi connectivity index (χ1) is 16.9. The molecule has 2 saturated heterocycles. The summed E-state index contributed by atoms with van der Waals surface area (Å²) in [6.45, 7) is 2.60. The zero-order chi connectivity index (χ0) is 24.7. The van der Waals surface area contributed by atoms with E-state index in [0.717, 1.165) is 41.4 Å². The fraction of sp³-hybridized carbons (Fsp3) is 0.583. The quantitative estimate of drug-likeness (QED) is 0.460. The van der Waals surface area contributed by atoms with Crippen LogP contribution in [0.15, 0.2) is 34.5 Å². The van der Waals surface area contributed by atoms with E-state index in [2.05, 4.69) is 15.3 Å². The maximum atomic E-state index is 11.2. The van der Waals surface area contributed by atoms with Gasteiger partial charge in [-0.05, 0) is 24.0 Å². The van der Waals surface area contributed by atoms with Gasteiger partial charge < -0.3 is 19.8 Å². The number of thioether (sulfide) groups is 1. The predicted molar refractivity (Wildman–Crippen MR) is 133 cm³/mol. The number of piperidine rings is 1. The molecule has 4 rings (SSSR count). The molecular weight excluding hydrogens is 472 g/mol. The van der Waals surface area contributed by atoms with Gasteiger partial charge in [-0.2, -0.15) is 16.9 Å². The molecule has 1 unspecified atom stereocenters. The largest absolute Gasteiger partial charge is 0.480 e. The number of carboxylic acids is 2. The predicted octanol–water partition coefficient (Wildman–Crippen LogP) is 1.97. The highest BCUT2D eigenvalue weighted by molar-refractivity contribution is 7.99. The highest BCUT2D eigenvalue weighted by Crippen LogP contribution is 2.34. The van der Waals surface area contributed by atoms with Crippen molar-refractivity contribution in [2.45, 2.75) is 37.4 Å². The molecule has 10 nitrogen and oxygen atoms in total. The van der Waals surface area contributed by atoms with Crippen LogP contribution in [0.25, 0.3) is 0 Å². The van der Waals surface area contributed by atoms with Gasteiger partial charge in [-0.3, -0.25) is 14.7 Å². The van der Waals surface area contributed by atoms with Crippen LogP contribution < -0.4 is 0 Å². The summed E-state index contributed by atoms with van der Waals surface area (Å²) < 4.78 is 5.86. The van der Waals surface area contributed by atoms with Gasteiger partial charge in [0.15, 0.2) is 0 Å². The number of nitrogens with zero attached hydrogens (tertiary/aromatic N) is 4. The molecule has 0 amide bonds. The molecular formula is C24H32N4O6S. The Balaban J connectivity index is 1.32. The van der Waals surface area contributed by atoms with Crippen LogP contribution in [0.5, 0.6) is 0 Å². The third-order valence-corrected chi connectivity index (χ3v) is 7.50. The summed E-state index contributed by atoms with van der Waals surface area (Å²) >= 11 is 1.95. The molecule has 0 bridgehead atoms. The number of ether oxygens (including phenoxy) is 1. The van der Waals surface area contributed by atoms with Crippen LogP contribution in [0, 0.1) is 0 Å². The molecule has 3 aliphatic heterocycles. The highest BCUT2D eigenvalue weighted by Gasteiger charge is 2.40. The number of aliphatic carboxylic acids is 2. The molecule has 0 aromatic heterocycles. The molecule has 0 saturated carbocycles. The number of hydrogen-bond acceptors (Lipinski definition) is 9. The number of rotatable bonds is 10. The Bertz CT molecular complexity index is 940. The molecule has 1 aromatic rings. The minimum absolute atomic E-state index is 0.0278. The SMILES string of the molecule is O=C(O)COC1(CC2CC(c3ccc(/C=N/N4CCSCC4)cc3)=NO2)CCN(CC(=O)O)CC1. The molecule has 0 aliphatic carbocycles. The van der Waals surface area contributed by atoms with Gasteiger partial charge in [0.25, 0.3) is 0 Å². The van der Waals surface area contributed by atoms with Crippen molar-refractivity contribution in [2.24, 2.45) is 10.3 Å². The van der Waals surface area contributed by atoms with E-state index >= 15 is 0 Å². The van der Waals surface area contributed by atoms with E-state index in [9.17, 15) is 9.59 Å². The Hall–Kier alpha value is -2.63. The van der Waals surface area contributed by atoms with Gasteiger partial charge >= 0.3 is 11.9 Å².